The molecule has 0 bridgehead atoms. The molecule has 0 aliphatic rings. The lowest BCUT2D eigenvalue weighted by molar-refractivity contribution is -0.119. The number of nitrogens with two attached hydrogens (primary N) is 1. The number of benzene rings is 1. The van der Waals surface area contributed by atoms with Crippen molar-refractivity contribution in [1.29, 1.82) is 0 Å². The van der Waals surface area contributed by atoms with Crippen LogP contribution >= 0.6 is 23.9 Å². The van der Waals surface area contributed by atoms with E-state index in [0.29, 0.717) is 6.54 Å². The quantitative estimate of drug-likeness (QED) is 0.906. The third kappa shape index (κ3) is 3.99. The maximum absolute atomic E-state index is 11.6. The fraction of sp³-hybridized carbons (Fsp3) is 0.250. The Balaban J connectivity index is 0.00000180. The average Bonchev–Trinajstić information content (AvgIpc) is 2.92. The zero-order valence-electron chi connectivity index (χ0n) is 10.4. The smallest absolute Gasteiger partial charge is 0.228 e. The van der Waals surface area contributed by atoms with Crippen molar-refractivity contribution in [2.24, 2.45) is 11.7 Å². The van der Waals surface area contributed by atoms with E-state index in [9.17, 15) is 4.79 Å². The lowest BCUT2D eigenvalue weighted by Gasteiger charge is -2.09. The van der Waals surface area contributed by atoms with Crippen LogP contribution in [0, 0.1) is 5.92 Å². The average molecular weight is 299 g/mol. The molecule has 7 heteroatoms. The van der Waals surface area contributed by atoms with Crippen molar-refractivity contribution >= 4 is 35.5 Å². The number of nitrogens with one attached hydrogen (secondary N) is 1. The van der Waals surface area contributed by atoms with Gasteiger partial charge in [-0.05, 0) is 23.7 Å². The Hall–Kier alpha value is -1.50. The third-order valence-corrected chi connectivity index (χ3v) is 3.11. The molecule has 19 heavy (non-hydrogen) atoms. The van der Waals surface area contributed by atoms with Crippen molar-refractivity contribution in [3.8, 4) is 11.3 Å². The molecule has 0 saturated heterocycles. The first-order chi connectivity index (χ1) is 8.70. The van der Waals surface area contributed by atoms with Gasteiger partial charge in [-0.3, -0.25) is 4.79 Å². The molecule has 0 radical (unpaired) electrons. The second-order valence-electron chi connectivity index (χ2n) is 3.99. The van der Waals surface area contributed by atoms with E-state index in [-0.39, 0.29) is 24.2 Å². The Morgan fingerprint density at radius 3 is 2.63 bits per heavy atom. The Bertz CT molecular complexity index is 515. The van der Waals surface area contributed by atoms with Crippen LogP contribution in [0.25, 0.3) is 11.3 Å². The van der Waals surface area contributed by atoms with Gasteiger partial charge >= 0.3 is 0 Å². The molecule has 1 heterocycles. The molecule has 1 aromatic carbocycles. The first-order valence-electron chi connectivity index (χ1n) is 5.59. The molecule has 1 unspecified atom stereocenters. The molecule has 1 aromatic heterocycles. The minimum absolute atomic E-state index is 0. The molecule has 1 atom stereocenters. The summed E-state index contributed by atoms with van der Waals surface area (Å²) in [6.45, 7) is 2.14. The Morgan fingerprint density at radius 2 is 2.11 bits per heavy atom. The summed E-state index contributed by atoms with van der Waals surface area (Å²) in [6.07, 6.45) is 0. The summed E-state index contributed by atoms with van der Waals surface area (Å²) in [7, 11) is 0. The Kier molecular flexibility index (Phi) is 5.88. The Labute approximate surface area is 121 Å². The van der Waals surface area contributed by atoms with Gasteiger partial charge in [-0.1, -0.05) is 23.5 Å². The zero-order chi connectivity index (χ0) is 13.0. The molecule has 2 aromatic rings. The number of hydrogen-bond acceptors (Lipinski definition) is 5. The SMILES string of the molecule is CC(CN)C(=O)Nc1ccc(-c2csnn2)cc1.Cl. The predicted molar refractivity (Wildman–Crippen MR) is 79.4 cm³/mol. The fourth-order valence-corrected chi connectivity index (χ4v) is 1.85. The van der Waals surface area contributed by atoms with E-state index in [1.54, 1.807) is 6.92 Å². The van der Waals surface area contributed by atoms with Gasteiger partial charge in [0.05, 0.1) is 0 Å². The largest absolute Gasteiger partial charge is 0.330 e. The molecule has 2 rings (SSSR count). The van der Waals surface area contributed by atoms with Crippen LogP contribution in [-0.4, -0.2) is 22.0 Å². The lowest BCUT2D eigenvalue weighted by atomic mass is 10.1. The monoisotopic (exact) mass is 298 g/mol. The molecular formula is C12H15ClN4OS. The molecular weight excluding hydrogens is 284 g/mol. The highest BCUT2D eigenvalue weighted by Gasteiger charge is 2.10. The highest BCUT2D eigenvalue weighted by Crippen LogP contribution is 2.20. The van der Waals surface area contributed by atoms with E-state index in [1.807, 2.05) is 29.6 Å². The summed E-state index contributed by atoms with van der Waals surface area (Å²) < 4.78 is 3.81. The molecule has 0 aliphatic heterocycles. The van der Waals surface area contributed by atoms with E-state index in [4.69, 9.17) is 5.73 Å². The number of rotatable bonds is 4. The van der Waals surface area contributed by atoms with Gasteiger partial charge in [-0.2, -0.15) is 0 Å². The minimum atomic E-state index is -0.188. The van der Waals surface area contributed by atoms with Gasteiger partial charge in [0.25, 0.3) is 0 Å². The molecule has 0 fully saturated rings. The van der Waals surface area contributed by atoms with Crippen LogP contribution in [0.3, 0.4) is 0 Å². The van der Waals surface area contributed by atoms with Gasteiger partial charge in [-0.15, -0.1) is 17.5 Å². The molecule has 0 saturated carbocycles. The number of anilines is 1. The van der Waals surface area contributed by atoms with Crippen LogP contribution in [0.2, 0.25) is 0 Å². The standard InChI is InChI=1S/C12H14N4OS.ClH/c1-8(6-13)12(17)14-10-4-2-9(3-5-10)11-7-18-16-15-11;/h2-5,7-8H,6,13H2,1H3,(H,14,17);1H. The molecule has 5 nitrogen and oxygen atoms in total. The number of carbonyl (C=O) groups excluding carboxylic acids is 1. The summed E-state index contributed by atoms with van der Waals surface area (Å²) in [5, 5.41) is 8.68. The van der Waals surface area contributed by atoms with E-state index in [2.05, 4.69) is 14.9 Å². The number of amides is 1. The summed E-state index contributed by atoms with van der Waals surface area (Å²) in [5.74, 6) is -0.256. The number of hydrogen-bond donors (Lipinski definition) is 2. The predicted octanol–water partition coefficient (Wildman–Crippen LogP) is 2.16. The van der Waals surface area contributed by atoms with Crippen LogP contribution in [0.1, 0.15) is 6.92 Å². The number of carbonyl (C=O) groups is 1. The number of nitrogens with zero attached hydrogens (tertiary/aromatic N) is 2. The van der Waals surface area contributed by atoms with Crippen molar-refractivity contribution in [3.63, 3.8) is 0 Å². The van der Waals surface area contributed by atoms with Gasteiger partial charge in [0.2, 0.25) is 5.91 Å². The third-order valence-electron chi connectivity index (χ3n) is 2.61. The molecule has 3 N–H and O–H groups in total. The Morgan fingerprint density at radius 1 is 1.42 bits per heavy atom. The maximum Gasteiger partial charge on any atom is 0.228 e. The lowest BCUT2D eigenvalue weighted by Crippen LogP contribution is -2.26. The van der Waals surface area contributed by atoms with Crippen molar-refractivity contribution in [3.05, 3.63) is 29.6 Å². The van der Waals surface area contributed by atoms with Gasteiger partial charge in [-0.25, -0.2) is 0 Å². The molecule has 0 spiro atoms. The molecule has 0 aliphatic carbocycles. The minimum Gasteiger partial charge on any atom is -0.330 e. The fourth-order valence-electron chi connectivity index (χ4n) is 1.39. The van der Waals surface area contributed by atoms with E-state index in [1.165, 1.54) is 11.5 Å². The highest BCUT2D eigenvalue weighted by molar-refractivity contribution is 7.03. The first-order valence-corrected chi connectivity index (χ1v) is 6.43. The van der Waals surface area contributed by atoms with E-state index < -0.39 is 0 Å². The van der Waals surface area contributed by atoms with Gasteiger partial charge < -0.3 is 11.1 Å². The van der Waals surface area contributed by atoms with Crippen molar-refractivity contribution in [2.75, 3.05) is 11.9 Å². The van der Waals surface area contributed by atoms with Crippen molar-refractivity contribution in [2.45, 2.75) is 6.92 Å². The molecule has 102 valence electrons. The normalized spacial score (nSPS) is 11.5. The first kappa shape index (κ1) is 15.6. The second-order valence-corrected chi connectivity index (χ2v) is 4.60. The van der Waals surface area contributed by atoms with Crippen LogP contribution in [-0.2, 0) is 4.79 Å². The summed E-state index contributed by atoms with van der Waals surface area (Å²) in [4.78, 5) is 11.6. The van der Waals surface area contributed by atoms with E-state index >= 15 is 0 Å². The summed E-state index contributed by atoms with van der Waals surface area (Å²) in [6, 6.07) is 7.49. The summed E-state index contributed by atoms with van der Waals surface area (Å²) in [5.41, 5.74) is 8.02. The zero-order valence-corrected chi connectivity index (χ0v) is 12.0. The summed E-state index contributed by atoms with van der Waals surface area (Å²) >= 11 is 1.31. The van der Waals surface area contributed by atoms with Gasteiger partial charge in [0.15, 0.2) is 0 Å². The topological polar surface area (TPSA) is 80.9 Å². The van der Waals surface area contributed by atoms with Crippen LogP contribution in [0.5, 0.6) is 0 Å². The van der Waals surface area contributed by atoms with Crippen LogP contribution < -0.4 is 11.1 Å². The van der Waals surface area contributed by atoms with Crippen LogP contribution in [0.15, 0.2) is 29.6 Å². The number of halogens is 1. The van der Waals surface area contributed by atoms with Crippen LogP contribution in [0.4, 0.5) is 5.69 Å². The molecule has 1 amide bonds. The highest BCUT2D eigenvalue weighted by atomic mass is 35.5. The number of aromatic nitrogens is 2. The van der Waals surface area contributed by atoms with E-state index in [0.717, 1.165) is 16.9 Å². The van der Waals surface area contributed by atoms with Crippen molar-refractivity contribution in [1.82, 2.24) is 9.59 Å². The second kappa shape index (κ2) is 7.18. The van der Waals surface area contributed by atoms with Crippen molar-refractivity contribution < 1.29 is 4.79 Å². The van der Waals surface area contributed by atoms with Gasteiger partial charge in [0, 0.05) is 29.1 Å². The van der Waals surface area contributed by atoms with Gasteiger partial charge in [0.1, 0.15) is 5.69 Å². The maximum atomic E-state index is 11.6.